The molecule has 0 aliphatic rings. The Morgan fingerprint density at radius 3 is 1.16 bits per heavy atom. The number of ether oxygens (including phenoxy) is 1. The molecule has 0 aliphatic carbocycles. The second kappa shape index (κ2) is 32.4. The van der Waals surface area contributed by atoms with Gasteiger partial charge in [-0.1, -0.05) is 174 Å². The highest BCUT2D eigenvalue weighted by atomic mass is 16.5. The van der Waals surface area contributed by atoms with E-state index in [1.165, 1.54) is 154 Å². The molecular formula is C35H67O3. The van der Waals surface area contributed by atoms with Gasteiger partial charge in [0.1, 0.15) is 6.10 Å². The van der Waals surface area contributed by atoms with E-state index >= 15 is 0 Å². The van der Waals surface area contributed by atoms with Crippen LogP contribution in [0.4, 0.5) is 0 Å². The van der Waals surface area contributed by atoms with Gasteiger partial charge < -0.3 is 4.74 Å². The first-order valence-electron chi connectivity index (χ1n) is 17.3. The van der Waals surface area contributed by atoms with Gasteiger partial charge >= 0.3 is 5.97 Å². The van der Waals surface area contributed by atoms with E-state index in [2.05, 4.69) is 13.8 Å². The highest BCUT2D eigenvalue weighted by Gasteiger charge is 2.14. The standard InChI is InChI=1S/C35H67O3/c1-3-5-7-9-11-13-15-16-17-18-19-21-23-25-27-29-31-35(37)38-34(32-33-36)30-28-26-24-22-20-14-12-10-8-6-4-2/h34H,3-32H2,1-2H3. The molecule has 225 valence electrons. The van der Waals surface area contributed by atoms with Crippen molar-refractivity contribution in [3.05, 3.63) is 0 Å². The summed E-state index contributed by atoms with van der Waals surface area (Å²) in [4.78, 5) is 23.1. The Labute approximate surface area is 239 Å². The molecule has 0 aromatic carbocycles. The maximum atomic E-state index is 12.2. The Balaban J connectivity index is 3.50. The monoisotopic (exact) mass is 536 g/mol. The zero-order chi connectivity index (χ0) is 27.8. The van der Waals surface area contributed by atoms with Crippen LogP contribution >= 0.6 is 0 Å². The van der Waals surface area contributed by atoms with Gasteiger partial charge in [-0.2, -0.15) is 0 Å². The molecule has 3 nitrogen and oxygen atoms in total. The molecule has 0 heterocycles. The van der Waals surface area contributed by atoms with Crippen LogP contribution in [0.15, 0.2) is 0 Å². The number of carbonyl (C=O) groups is 1. The van der Waals surface area contributed by atoms with Crippen molar-refractivity contribution in [3.63, 3.8) is 0 Å². The lowest BCUT2D eigenvalue weighted by molar-refractivity contribution is -0.149. The van der Waals surface area contributed by atoms with Crippen LogP contribution in [0.2, 0.25) is 0 Å². The molecule has 1 atom stereocenters. The van der Waals surface area contributed by atoms with E-state index in [-0.39, 0.29) is 18.5 Å². The third-order valence-electron chi connectivity index (χ3n) is 7.97. The highest BCUT2D eigenvalue weighted by Crippen LogP contribution is 2.17. The lowest BCUT2D eigenvalue weighted by atomic mass is 10.0. The van der Waals surface area contributed by atoms with Crippen LogP contribution in [0.5, 0.6) is 0 Å². The average Bonchev–Trinajstić information content (AvgIpc) is 2.91. The summed E-state index contributed by atoms with van der Waals surface area (Å²) >= 11 is 0. The summed E-state index contributed by atoms with van der Waals surface area (Å²) in [5.74, 6) is -0.126. The molecule has 0 bridgehead atoms. The smallest absolute Gasteiger partial charge is 0.306 e. The Morgan fingerprint density at radius 2 is 0.816 bits per heavy atom. The molecular weight excluding hydrogens is 468 g/mol. The van der Waals surface area contributed by atoms with Crippen LogP contribution in [0, 0.1) is 0 Å². The van der Waals surface area contributed by atoms with Crippen molar-refractivity contribution in [1.82, 2.24) is 0 Å². The molecule has 0 aliphatic heterocycles. The van der Waals surface area contributed by atoms with Crippen molar-refractivity contribution in [1.29, 1.82) is 0 Å². The fourth-order valence-electron chi connectivity index (χ4n) is 5.39. The summed E-state index contributed by atoms with van der Waals surface area (Å²) in [5.41, 5.74) is 0. The Kier molecular flexibility index (Phi) is 31.6. The largest absolute Gasteiger partial charge is 0.462 e. The second-order valence-corrected chi connectivity index (χ2v) is 11.8. The zero-order valence-electron chi connectivity index (χ0n) is 26.0. The minimum atomic E-state index is -0.264. The predicted octanol–water partition coefficient (Wildman–Crippen LogP) is 11.8. The normalized spacial score (nSPS) is 12.1. The number of esters is 1. The van der Waals surface area contributed by atoms with Gasteiger partial charge in [-0.3, -0.25) is 9.59 Å². The third kappa shape index (κ3) is 29.7. The van der Waals surface area contributed by atoms with Crippen LogP contribution < -0.4 is 0 Å². The van der Waals surface area contributed by atoms with Crippen LogP contribution in [-0.2, 0) is 14.3 Å². The lowest BCUT2D eigenvalue weighted by Gasteiger charge is -2.15. The molecule has 0 amide bonds. The molecule has 0 spiro atoms. The lowest BCUT2D eigenvalue weighted by Crippen LogP contribution is -2.18. The van der Waals surface area contributed by atoms with Crippen molar-refractivity contribution in [2.75, 3.05) is 0 Å². The van der Waals surface area contributed by atoms with Crippen molar-refractivity contribution in [2.24, 2.45) is 0 Å². The van der Waals surface area contributed by atoms with Crippen molar-refractivity contribution >= 4 is 12.3 Å². The third-order valence-corrected chi connectivity index (χ3v) is 7.97. The number of unbranched alkanes of at least 4 members (excludes halogenated alkanes) is 25. The Morgan fingerprint density at radius 1 is 0.500 bits per heavy atom. The van der Waals surface area contributed by atoms with Gasteiger partial charge in [0.05, 0.1) is 6.42 Å². The minimum Gasteiger partial charge on any atom is -0.462 e. The van der Waals surface area contributed by atoms with Gasteiger partial charge in [-0.15, -0.1) is 0 Å². The summed E-state index contributed by atoms with van der Waals surface area (Å²) in [6.45, 7) is 4.55. The summed E-state index contributed by atoms with van der Waals surface area (Å²) in [6.07, 6.45) is 38.9. The van der Waals surface area contributed by atoms with E-state index in [0.717, 1.165) is 25.7 Å². The molecule has 3 heteroatoms. The Hall–Kier alpha value is -0.860. The molecule has 1 unspecified atom stereocenters. The maximum Gasteiger partial charge on any atom is 0.306 e. The maximum absolute atomic E-state index is 12.2. The molecule has 0 aromatic rings. The summed E-state index contributed by atoms with van der Waals surface area (Å²) in [7, 11) is 0. The minimum absolute atomic E-state index is 0.126. The van der Waals surface area contributed by atoms with Crippen molar-refractivity contribution < 1.29 is 14.3 Å². The topological polar surface area (TPSA) is 43.4 Å². The van der Waals surface area contributed by atoms with Gasteiger partial charge in [-0.05, 0) is 19.3 Å². The number of hydrogen-bond donors (Lipinski definition) is 0. The van der Waals surface area contributed by atoms with Crippen LogP contribution in [-0.4, -0.2) is 18.4 Å². The SMILES string of the molecule is CCCCCCCCCCCCCCCCCCC(=O)OC(C[C]=O)CCCCCCCCCCCCC. The highest BCUT2D eigenvalue weighted by molar-refractivity contribution is 5.69. The van der Waals surface area contributed by atoms with Gasteiger partial charge in [0.15, 0.2) is 0 Å². The average molecular weight is 536 g/mol. The number of carbonyl (C=O) groups excluding carboxylic acids is 2. The summed E-state index contributed by atoms with van der Waals surface area (Å²) in [5, 5.41) is 0. The fraction of sp³-hybridized carbons (Fsp3) is 0.943. The first-order chi connectivity index (χ1) is 18.7. The number of rotatable bonds is 32. The molecule has 0 saturated carbocycles. The molecule has 0 aromatic heterocycles. The first kappa shape index (κ1) is 37.1. The van der Waals surface area contributed by atoms with E-state index < -0.39 is 0 Å². The van der Waals surface area contributed by atoms with E-state index in [0.29, 0.717) is 6.42 Å². The molecule has 0 fully saturated rings. The van der Waals surface area contributed by atoms with Crippen LogP contribution in [0.25, 0.3) is 0 Å². The molecule has 0 rings (SSSR count). The number of hydrogen-bond acceptors (Lipinski definition) is 3. The predicted molar refractivity (Wildman–Crippen MR) is 165 cm³/mol. The molecule has 0 N–H and O–H groups in total. The van der Waals surface area contributed by atoms with Crippen molar-refractivity contribution in [3.8, 4) is 0 Å². The van der Waals surface area contributed by atoms with Gasteiger partial charge in [0.2, 0.25) is 6.29 Å². The van der Waals surface area contributed by atoms with Gasteiger partial charge in [0, 0.05) is 6.42 Å². The molecule has 38 heavy (non-hydrogen) atoms. The summed E-state index contributed by atoms with van der Waals surface area (Å²) < 4.78 is 5.61. The quantitative estimate of drug-likeness (QED) is 0.0635. The summed E-state index contributed by atoms with van der Waals surface area (Å²) in [6, 6.07) is 0. The molecule has 1 radical (unpaired) electrons. The van der Waals surface area contributed by atoms with E-state index in [1.807, 2.05) is 6.29 Å². The second-order valence-electron chi connectivity index (χ2n) is 11.8. The first-order valence-corrected chi connectivity index (χ1v) is 17.3. The van der Waals surface area contributed by atoms with Crippen LogP contribution in [0.1, 0.15) is 206 Å². The Bertz CT molecular complexity index is 476. The van der Waals surface area contributed by atoms with E-state index in [1.54, 1.807) is 0 Å². The molecule has 0 saturated heterocycles. The van der Waals surface area contributed by atoms with E-state index in [4.69, 9.17) is 4.74 Å². The van der Waals surface area contributed by atoms with Crippen molar-refractivity contribution in [2.45, 2.75) is 213 Å². The van der Waals surface area contributed by atoms with Gasteiger partial charge in [0.25, 0.3) is 0 Å². The van der Waals surface area contributed by atoms with Gasteiger partial charge in [-0.25, -0.2) is 0 Å². The van der Waals surface area contributed by atoms with E-state index in [9.17, 15) is 9.59 Å². The zero-order valence-corrected chi connectivity index (χ0v) is 26.0. The fourth-order valence-corrected chi connectivity index (χ4v) is 5.39. The van der Waals surface area contributed by atoms with Crippen LogP contribution in [0.3, 0.4) is 0 Å².